The van der Waals surface area contributed by atoms with Crippen LogP contribution in [-0.4, -0.2) is 36.4 Å². The van der Waals surface area contributed by atoms with Crippen LogP contribution in [0.4, 0.5) is 4.39 Å². The number of nitrogens with zero attached hydrogens (tertiary/aromatic N) is 1. The molecule has 0 radical (unpaired) electrons. The molecule has 1 N–H and O–H groups in total. The number of hydrogen-bond donors (Lipinski definition) is 1. The lowest BCUT2D eigenvalue weighted by Gasteiger charge is -2.28. The van der Waals surface area contributed by atoms with Crippen molar-refractivity contribution in [2.75, 3.05) is 13.7 Å². The molecule has 162 valence electrons. The first-order chi connectivity index (χ1) is 14.0. The molecule has 0 aliphatic carbocycles. The van der Waals surface area contributed by atoms with Crippen LogP contribution in [0.3, 0.4) is 0 Å². The minimum Gasteiger partial charge on any atom is -0.483 e. The zero-order valence-corrected chi connectivity index (χ0v) is 19.5. The van der Waals surface area contributed by atoms with E-state index in [0.29, 0.717) is 11.3 Å². The fourth-order valence-electron chi connectivity index (χ4n) is 2.91. The second kappa shape index (κ2) is 10.1. The average molecular weight is 479 g/mol. The summed E-state index contributed by atoms with van der Waals surface area (Å²) < 4.78 is 20.6. The largest absolute Gasteiger partial charge is 0.483 e. The Morgan fingerprint density at radius 3 is 2.43 bits per heavy atom. The van der Waals surface area contributed by atoms with Gasteiger partial charge in [-0.2, -0.15) is 0 Å². The molecule has 0 aliphatic rings. The van der Waals surface area contributed by atoms with Crippen LogP contribution >= 0.6 is 15.9 Å². The van der Waals surface area contributed by atoms with Crippen molar-refractivity contribution in [2.45, 2.75) is 45.7 Å². The Hall–Kier alpha value is -2.41. The van der Waals surface area contributed by atoms with Crippen LogP contribution in [-0.2, 0) is 21.5 Å². The first kappa shape index (κ1) is 23.9. The van der Waals surface area contributed by atoms with Crippen LogP contribution in [0.15, 0.2) is 46.9 Å². The van der Waals surface area contributed by atoms with Crippen LogP contribution < -0.4 is 10.1 Å². The Labute approximate surface area is 185 Å². The summed E-state index contributed by atoms with van der Waals surface area (Å²) in [6.45, 7) is 7.63. The van der Waals surface area contributed by atoms with Crippen molar-refractivity contribution in [1.29, 1.82) is 0 Å². The second-order valence-electron chi connectivity index (χ2n) is 8.09. The van der Waals surface area contributed by atoms with Crippen LogP contribution in [0.1, 0.15) is 38.8 Å². The van der Waals surface area contributed by atoms with Crippen LogP contribution in [0.25, 0.3) is 0 Å². The Balaban J connectivity index is 2.18. The summed E-state index contributed by atoms with van der Waals surface area (Å²) in [6, 6.07) is 11.1. The van der Waals surface area contributed by atoms with Gasteiger partial charge < -0.3 is 15.0 Å². The molecule has 2 aromatic rings. The molecule has 2 aromatic carbocycles. The molecule has 2 rings (SSSR count). The SMILES string of the molecule is CNC(=O)[C@H](C)N(Cc1ccccc1F)C(=O)COc1ccc(C(C)(C)C)cc1Br. The van der Waals surface area contributed by atoms with Crippen LogP contribution in [0.2, 0.25) is 0 Å². The van der Waals surface area contributed by atoms with Crippen molar-refractivity contribution < 1.29 is 18.7 Å². The topological polar surface area (TPSA) is 58.6 Å². The fraction of sp³-hybridized carbons (Fsp3) is 0.391. The van der Waals surface area contributed by atoms with Crippen molar-refractivity contribution >= 4 is 27.7 Å². The highest BCUT2D eigenvalue weighted by Gasteiger charge is 2.27. The molecule has 0 unspecified atom stereocenters. The van der Waals surface area contributed by atoms with Crippen molar-refractivity contribution in [3.05, 3.63) is 63.9 Å². The third kappa shape index (κ3) is 6.05. The van der Waals surface area contributed by atoms with E-state index < -0.39 is 17.8 Å². The number of halogens is 2. The van der Waals surface area contributed by atoms with E-state index >= 15 is 0 Å². The third-order valence-corrected chi connectivity index (χ3v) is 5.48. The zero-order chi connectivity index (χ0) is 22.5. The molecule has 0 saturated heterocycles. The summed E-state index contributed by atoms with van der Waals surface area (Å²) in [5.74, 6) is -0.660. The maximum atomic E-state index is 14.1. The lowest BCUT2D eigenvalue weighted by atomic mass is 9.87. The van der Waals surface area contributed by atoms with E-state index in [1.54, 1.807) is 31.2 Å². The van der Waals surface area contributed by atoms with Gasteiger partial charge in [0, 0.05) is 19.2 Å². The summed E-state index contributed by atoms with van der Waals surface area (Å²) in [4.78, 5) is 26.4. The number of rotatable bonds is 7. The molecule has 1 atom stereocenters. The standard InChI is InChI=1S/C23H28BrFN2O3/c1-15(22(29)26-5)27(13-16-8-6-7-9-19(16)25)21(28)14-30-20-11-10-17(12-18(20)24)23(2,3)4/h6-12,15H,13-14H2,1-5H3,(H,26,29)/t15-/m0/s1. The number of carbonyl (C=O) groups is 2. The Morgan fingerprint density at radius 1 is 1.20 bits per heavy atom. The van der Waals surface area contributed by atoms with Crippen LogP contribution in [0, 0.1) is 5.82 Å². The van der Waals surface area contributed by atoms with Crippen LogP contribution in [0.5, 0.6) is 5.75 Å². The van der Waals surface area contributed by atoms with E-state index in [1.165, 1.54) is 18.0 Å². The van der Waals surface area contributed by atoms with E-state index in [2.05, 4.69) is 42.0 Å². The molecule has 0 spiro atoms. The lowest BCUT2D eigenvalue weighted by Crippen LogP contribution is -2.48. The van der Waals surface area contributed by atoms with Gasteiger partial charge in [0.25, 0.3) is 5.91 Å². The van der Waals surface area contributed by atoms with Gasteiger partial charge in [-0.05, 0) is 52.0 Å². The lowest BCUT2D eigenvalue weighted by molar-refractivity contribution is -0.142. The fourth-order valence-corrected chi connectivity index (χ4v) is 3.40. The quantitative estimate of drug-likeness (QED) is 0.640. The maximum Gasteiger partial charge on any atom is 0.261 e. The molecular formula is C23H28BrFN2O3. The number of amides is 2. The van der Waals surface area contributed by atoms with E-state index in [1.807, 2.05) is 12.1 Å². The third-order valence-electron chi connectivity index (χ3n) is 4.86. The summed E-state index contributed by atoms with van der Waals surface area (Å²) in [7, 11) is 1.50. The molecule has 0 bridgehead atoms. The predicted molar refractivity (Wildman–Crippen MR) is 119 cm³/mol. The van der Waals surface area contributed by atoms with E-state index in [4.69, 9.17) is 4.74 Å². The van der Waals surface area contributed by atoms with Gasteiger partial charge in [0.1, 0.15) is 17.6 Å². The van der Waals surface area contributed by atoms with Gasteiger partial charge in [-0.25, -0.2) is 4.39 Å². The van der Waals surface area contributed by atoms with Gasteiger partial charge in [-0.15, -0.1) is 0 Å². The van der Waals surface area contributed by atoms with Gasteiger partial charge in [0.2, 0.25) is 5.91 Å². The zero-order valence-electron chi connectivity index (χ0n) is 18.0. The summed E-state index contributed by atoms with van der Waals surface area (Å²) >= 11 is 3.49. The number of hydrogen-bond acceptors (Lipinski definition) is 3. The van der Waals surface area contributed by atoms with Gasteiger partial charge in [-0.3, -0.25) is 9.59 Å². The van der Waals surface area contributed by atoms with Gasteiger partial charge >= 0.3 is 0 Å². The molecule has 7 heteroatoms. The van der Waals surface area contributed by atoms with Gasteiger partial charge in [-0.1, -0.05) is 45.0 Å². The molecule has 0 aromatic heterocycles. The normalized spacial score (nSPS) is 12.2. The average Bonchev–Trinajstić information content (AvgIpc) is 2.70. The Morgan fingerprint density at radius 2 is 1.87 bits per heavy atom. The predicted octanol–water partition coefficient (Wildman–Crippen LogP) is 4.43. The molecule has 0 fully saturated rings. The number of nitrogens with one attached hydrogen (secondary N) is 1. The van der Waals surface area contributed by atoms with Crippen molar-refractivity contribution in [3.63, 3.8) is 0 Å². The minimum absolute atomic E-state index is 0.0175. The van der Waals surface area contributed by atoms with Gasteiger partial charge in [0.15, 0.2) is 6.61 Å². The molecule has 0 saturated carbocycles. The Bertz CT molecular complexity index is 912. The van der Waals surface area contributed by atoms with Crippen molar-refractivity contribution in [1.82, 2.24) is 10.2 Å². The number of carbonyl (C=O) groups excluding carboxylic acids is 2. The summed E-state index contributed by atoms with van der Waals surface area (Å²) in [5.41, 5.74) is 1.44. The minimum atomic E-state index is -0.780. The number of likely N-dealkylation sites (N-methyl/N-ethyl adjacent to an activating group) is 1. The Kier molecular flexibility index (Phi) is 8.01. The molecule has 0 aliphatic heterocycles. The molecule has 2 amide bonds. The number of benzene rings is 2. The molecule has 5 nitrogen and oxygen atoms in total. The van der Waals surface area contributed by atoms with E-state index in [9.17, 15) is 14.0 Å². The highest BCUT2D eigenvalue weighted by Crippen LogP contribution is 2.31. The van der Waals surface area contributed by atoms with Crippen molar-refractivity contribution in [2.24, 2.45) is 0 Å². The first-order valence-electron chi connectivity index (χ1n) is 9.72. The van der Waals surface area contributed by atoms with Crippen molar-refractivity contribution in [3.8, 4) is 5.75 Å². The number of ether oxygens (including phenoxy) is 1. The van der Waals surface area contributed by atoms with Gasteiger partial charge in [0.05, 0.1) is 4.47 Å². The monoisotopic (exact) mass is 478 g/mol. The molecule has 0 heterocycles. The summed E-state index contributed by atoms with van der Waals surface area (Å²) in [5, 5.41) is 2.53. The summed E-state index contributed by atoms with van der Waals surface area (Å²) in [6.07, 6.45) is 0. The molecular weight excluding hydrogens is 451 g/mol. The molecule has 30 heavy (non-hydrogen) atoms. The highest BCUT2D eigenvalue weighted by molar-refractivity contribution is 9.10. The second-order valence-corrected chi connectivity index (χ2v) is 8.94. The smallest absolute Gasteiger partial charge is 0.261 e. The highest BCUT2D eigenvalue weighted by atomic mass is 79.9. The van der Waals surface area contributed by atoms with E-state index in [0.717, 1.165) is 10.0 Å². The first-order valence-corrected chi connectivity index (χ1v) is 10.5. The maximum absolute atomic E-state index is 14.1. The van der Waals surface area contributed by atoms with E-state index in [-0.39, 0.29) is 24.5 Å².